The van der Waals surface area contributed by atoms with Crippen LogP contribution in [0.15, 0.2) is 72.8 Å². The van der Waals surface area contributed by atoms with Gasteiger partial charge in [0.25, 0.3) is 0 Å². The molecule has 0 atom stereocenters. The van der Waals surface area contributed by atoms with E-state index >= 15 is 0 Å². The van der Waals surface area contributed by atoms with Crippen LogP contribution in [0.1, 0.15) is 56.6 Å². The summed E-state index contributed by atoms with van der Waals surface area (Å²) in [6.07, 6.45) is 14.1. The van der Waals surface area contributed by atoms with Crippen LogP contribution < -0.4 is 0 Å². The largest absolute Gasteiger partial charge is 0.389 e. The summed E-state index contributed by atoms with van der Waals surface area (Å²) >= 11 is 0. The van der Waals surface area contributed by atoms with Gasteiger partial charge in [0.15, 0.2) is 0 Å². The lowest BCUT2D eigenvalue weighted by atomic mass is 9.88. The molecule has 132 valence electrons. The lowest BCUT2D eigenvalue weighted by molar-refractivity contribution is 0.0350. The molecule has 0 bridgehead atoms. The second-order valence-corrected chi connectivity index (χ2v) is 6.72. The van der Waals surface area contributed by atoms with Crippen LogP contribution >= 0.6 is 0 Å². The molecule has 2 rings (SSSR count). The van der Waals surface area contributed by atoms with Crippen molar-refractivity contribution in [3.8, 4) is 0 Å². The predicted molar refractivity (Wildman–Crippen MR) is 109 cm³/mol. The van der Waals surface area contributed by atoms with Gasteiger partial charge in [0.1, 0.15) is 0 Å². The summed E-state index contributed by atoms with van der Waals surface area (Å²) < 4.78 is 0. The molecule has 0 saturated heterocycles. The second kappa shape index (κ2) is 10.7. The Bertz CT molecular complexity index is 589. The Morgan fingerprint density at radius 3 is 1.68 bits per heavy atom. The summed E-state index contributed by atoms with van der Waals surface area (Å²) in [5, 5.41) is 11.1. The quantitative estimate of drug-likeness (QED) is 0.491. The Hall–Kier alpha value is -2.12. The molecule has 2 aromatic carbocycles. The maximum atomic E-state index is 11.1. The Morgan fingerprint density at radius 2 is 1.24 bits per heavy atom. The van der Waals surface area contributed by atoms with Crippen LogP contribution in [0.4, 0.5) is 0 Å². The number of benzene rings is 2. The third-order valence-corrected chi connectivity index (χ3v) is 4.46. The first-order valence-electron chi connectivity index (χ1n) is 9.37. The number of unbranched alkanes of at least 4 members (excludes halogenated alkanes) is 2. The number of hydrogen-bond donors (Lipinski definition) is 1. The van der Waals surface area contributed by atoms with Gasteiger partial charge in [0.2, 0.25) is 0 Å². The van der Waals surface area contributed by atoms with Gasteiger partial charge < -0.3 is 5.11 Å². The minimum atomic E-state index is -0.661. The molecular formula is C24H30O. The van der Waals surface area contributed by atoms with Crippen molar-refractivity contribution in [3.63, 3.8) is 0 Å². The summed E-state index contributed by atoms with van der Waals surface area (Å²) in [6, 6.07) is 20.5. The average molecular weight is 335 g/mol. The zero-order chi connectivity index (χ0) is 17.8. The highest BCUT2D eigenvalue weighted by atomic mass is 16.3. The standard InChI is InChI=1S/C24H30O/c1-2-3-10-19-24(25,20-11-17-22-13-6-4-7-14-22)21-12-18-23-15-8-5-9-16-23/h4-9,11-18,25H,2-3,10,19-21H2,1H3/b17-11+,18-12+. The van der Waals surface area contributed by atoms with Gasteiger partial charge in [0, 0.05) is 0 Å². The van der Waals surface area contributed by atoms with Gasteiger partial charge in [-0.1, -0.05) is 111 Å². The Kier molecular flexibility index (Phi) is 8.21. The molecule has 0 unspecified atom stereocenters. The Labute approximate surface area is 152 Å². The molecule has 0 fully saturated rings. The maximum absolute atomic E-state index is 11.1. The first-order chi connectivity index (χ1) is 12.2. The molecule has 0 saturated carbocycles. The molecule has 0 aliphatic heterocycles. The van der Waals surface area contributed by atoms with Crippen molar-refractivity contribution in [1.29, 1.82) is 0 Å². The van der Waals surface area contributed by atoms with Crippen LogP contribution in [-0.4, -0.2) is 10.7 Å². The third-order valence-electron chi connectivity index (χ3n) is 4.46. The van der Waals surface area contributed by atoms with Crippen LogP contribution in [0.25, 0.3) is 12.2 Å². The summed E-state index contributed by atoms with van der Waals surface area (Å²) in [6.45, 7) is 2.20. The number of aliphatic hydroxyl groups is 1. The van der Waals surface area contributed by atoms with Gasteiger partial charge in [0.05, 0.1) is 5.60 Å². The van der Waals surface area contributed by atoms with E-state index in [-0.39, 0.29) is 0 Å². The van der Waals surface area contributed by atoms with Gasteiger partial charge in [-0.25, -0.2) is 0 Å². The Morgan fingerprint density at radius 1 is 0.760 bits per heavy atom. The average Bonchev–Trinajstić information content (AvgIpc) is 2.64. The zero-order valence-corrected chi connectivity index (χ0v) is 15.3. The first kappa shape index (κ1) is 19.2. The maximum Gasteiger partial charge on any atom is 0.0716 e. The smallest absolute Gasteiger partial charge is 0.0716 e. The van der Waals surface area contributed by atoms with Crippen molar-refractivity contribution in [2.24, 2.45) is 0 Å². The second-order valence-electron chi connectivity index (χ2n) is 6.72. The van der Waals surface area contributed by atoms with E-state index in [0.717, 1.165) is 12.8 Å². The molecule has 0 aliphatic carbocycles. The van der Waals surface area contributed by atoms with Crippen molar-refractivity contribution >= 4 is 12.2 Å². The fraction of sp³-hybridized carbons (Fsp3) is 0.333. The van der Waals surface area contributed by atoms with Crippen molar-refractivity contribution in [3.05, 3.63) is 83.9 Å². The summed E-state index contributed by atoms with van der Waals surface area (Å²) in [5.41, 5.74) is 1.70. The van der Waals surface area contributed by atoms with Crippen molar-refractivity contribution in [2.75, 3.05) is 0 Å². The molecule has 25 heavy (non-hydrogen) atoms. The van der Waals surface area contributed by atoms with Crippen LogP contribution in [0.3, 0.4) is 0 Å². The van der Waals surface area contributed by atoms with Gasteiger partial charge in [-0.05, 0) is 30.4 Å². The zero-order valence-electron chi connectivity index (χ0n) is 15.3. The van der Waals surface area contributed by atoms with Crippen molar-refractivity contribution in [1.82, 2.24) is 0 Å². The van der Waals surface area contributed by atoms with Crippen LogP contribution in [0.2, 0.25) is 0 Å². The van der Waals surface area contributed by atoms with Gasteiger partial charge in [-0.3, -0.25) is 0 Å². The summed E-state index contributed by atoms with van der Waals surface area (Å²) in [7, 11) is 0. The summed E-state index contributed by atoms with van der Waals surface area (Å²) in [4.78, 5) is 0. The monoisotopic (exact) mass is 334 g/mol. The highest BCUT2D eigenvalue weighted by molar-refractivity contribution is 5.50. The lowest BCUT2D eigenvalue weighted by Gasteiger charge is -2.26. The van der Waals surface area contributed by atoms with Crippen LogP contribution in [-0.2, 0) is 0 Å². The van der Waals surface area contributed by atoms with Crippen molar-refractivity contribution < 1.29 is 5.11 Å². The molecule has 1 heteroatoms. The normalized spacial score (nSPS) is 12.2. The number of hydrogen-bond acceptors (Lipinski definition) is 1. The van der Waals surface area contributed by atoms with Gasteiger partial charge >= 0.3 is 0 Å². The number of rotatable bonds is 10. The van der Waals surface area contributed by atoms with Crippen LogP contribution in [0.5, 0.6) is 0 Å². The third kappa shape index (κ3) is 7.53. The topological polar surface area (TPSA) is 20.2 Å². The van der Waals surface area contributed by atoms with E-state index in [1.165, 1.54) is 24.0 Å². The molecule has 0 heterocycles. The van der Waals surface area contributed by atoms with E-state index in [0.29, 0.717) is 12.8 Å². The van der Waals surface area contributed by atoms with E-state index in [4.69, 9.17) is 0 Å². The molecule has 0 aromatic heterocycles. The fourth-order valence-corrected chi connectivity index (χ4v) is 2.95. The van der Waals surface area contributed by atoms with E-state index in [1.54, 1.807) is 0 Å². The highest BCUT2D eigenvalue weighted by Gasteiger charge is 2.23. The molecule has 0 aliphatic rings. The molecule has 0 spiro atoms. The molecule has 1 N–H and O–H groups in total. The van der Waals surface area contributed by atoms with Gasteiger partial charge in [-0.15, -0.1) is 0 Å². The summed E-state index contributed by atoms with van der Waals surface area (Å²) in [5.74, 6) is 0. The molecular weight excluding hydrogens is 304 g/mol. The van der Waals surface area contributed by atoms with Gasteiger partial charge in [-0.2, -0.15) is 0 Å². The minimum absolute atomic E-state index is 0.661. The molecule has 0 amide bonds. The van der Waals surface area contributed by atoms with E-state index in [1.807, 2.05) is 36.4 Å². The molecule has 2 aromatic rings. The minimum Gasteiger partial charge on any atom is -0.389 e. The molecule has 0 radical (unpaired) electrons. The van der Waals surface area contributed by atoms with Crippen molar-refractivity contribution in [2.45, 2.75) is 51.0 Å². The fourth-order valence-electron chi connectivity index (χ4n) is 2.95. The lowest BCUT2D eigenvalue weighted by Crippen LogP contribution is -2.27. The Balaban J connectivity index is 1.97. The SMILES string of the molecule is CCCCCC(O)(C/C=C/c1ccccc1)C/C=C/c1ccccc1. The molecule has 1 nitrogen and oxygen atoms in total. The van der Waals surface area contributed by atoms with E-state index < -0.39 is 5.60 Å². The first-order valence-corrected chi connectivity index (χ1v) is 9.37. The van der Waals surface area contributed by atoms with E-state index in [9.17, 15) is 5.11 Å². The van der Waals surface area contributed by atoms with Crippen LogP contribution in [0, 0.1) is 0 Å². The van der Waals surface area contributed by atoms with E-state index in [2.05, 4.69) is 55.5 Å². The highest BCUT2D eigenvalue weighted by Crippen LogP contribution is 2.25. The predicted octanol–water partition coefficient (Wildman–Crippen LogP) is 6.50.